The first-order valence-corrected chi connectivity index (χ1v) is 3.57. The van der Waals surface area contributed by atoms with Crippen molar-refractivity contribution in [2.75, 3.05) is 0 Å². The molecule has 0 atom stereocenters. The van der Waals surface area contributed by atoms with Gasteiger partial charge in [0, 0.05) is 6.92 Å². The van der Waals surface area contributed by atoms with Gasteiger partial charge >= 0.3 is 0 Å². The molecule has 0 spiro atoms. The Hall–Kier alpha value is -0.680. The SMILES string of the molecule is C=C=C(C)OC(C)(C)CC. The monoisotopic (exact) mass is 140 g/mol. The Balaban J connectivity index is 4.01. The Morgan fingerprint density at radius 3 is 2.40 bits per heavy atom. The van der Waals surface area contributed by atoms with Gasteiger partial charge in [0.15, 0.2) is 0 Å². The van der Waals surface area contributed by atoms with E-state index in [2.05, 4.69) is 19.2 Å². The van der Waals surface area contributed by atoms with Crippen molar-refractivity contribution in [3.05, 3.63) is 18.1 Å². The summed E-state index contributed by atoms with van der Waals surface area (Å²) < 4.78 is 5.48. The van der Waals surface area contributed by atoms with Crippen LogP contribution in [0.25, 0.3) is 0 Å². The van der Waals surface area contributed by atoms with E-state index in [-0.39, 0.29) is 5.60 Å². The molecule has 0 saturated carbocycles. The summed E-state index contributed by atoms with van der Waals surface area (Å²) in [5.74, 6) is 0.770. The molecule has 1 heteroatoms. The third kappa shape index (κ3) is 3.37. The van der Waals surface area contributed by atoms with Crippen molar-refractivity contribution in [1.82, 2.24) is 0 Å². The van der Waals surface area contributed by atoms with Crippen LogP contribution in [0.15, 0.2) is 18.1 Å². The zero-order valence-corrected chi connectivity index (χ0v) is 7.32. The zero-order chi connectivity index (χ0) is 8.20. The molecule has 0 aromatic rings. The summed E-state index contributed by atoms with van der Waals surface area (Å²) in [4.78, 5) is 0. The second-order valence-electron chi connectivity index (χ2n) is 2.95. The van der Waals surface area contributed by atoms with Crippen molar-refractivity contribution in [1.29, 1.82) is 0 Å². The fourth-order valence-electron chi connectivity index (χ4n) is 0.523. The largest absolute Gasteiger partial charge is 0.485 e. The van der Waals surface area contributed by atoms with Gasteiger partial charge in [-0.25, -0.2) is 0 Å². The maximum Gasteiger partial charge on any atom is 0.135 e. The minimum Gasteiger partial charge on any atom is -0.485 e. The van der Waals surface area contributed by atoms with Gasteiger partial charge in [0.1, 0.15) is 11.4 Å². The fourth-order valence-corrected chi connectivity index (χ4v) is 0.523. The van der Waals surface area contributed by atoms with E-state index in [9.17, 15) is 0 Å². The average Bonchev–Trinajstić information content (AvgIpc) is 1.87. The molecule has 0 heterocycles. The van der Waals surface area contributed by atoms with Crippen LogP contribution in [0.1, 0.15) is 34.1 Å². The standard InChI is InChI=1S/C9H16O/c1-6-8(3)10-9(4,5)7-2/h1,7H2,2-5H3. The summed E-state index contributed by atoms with van der Waals surface area (Å²) in [6, 6.07) is 0. The molecule has 0 amide bonds. The lowest BCUT2D eigenvalue weighted by Crippen LogP contribution is -2.21. The van der Waals surface area contributed by atoms with Crippen molar-refractivity contribution >= 4 is 0 Å². The lowest BCUT2D eigenvalue weighted by molar-refractivity contribution is 0.0332. The van der Waals surface area contributed by atoms with E-state index in [1.54, 1.807) is 0 Å². The molecule has 0 radical (unpaired) electrons. The highest BCUT2D eigenvalue weighted by molar-refractivity contribution is 4.86. The summed E-state index contributed by atoms with van der Waals surface area (Å²) in [7, 11) is 0. The molecule has 58 valence electrons. The molecular formula is C9H16O. The first-order valence-electron chi connectivity index (χ1n) is 3.57. The van der Waals surface area contributed by atoms with E-state index in [1.807, 2.05) is 20.8 Å². The van der Waals surface area contributed by atoms with Crippen LogP contribution in [0.4, 0.5) is 0 Å². The molecule has 0 saturated heterocycles. The van der Waals surface area contributed by atoms with E-state index >= 15 is 0 Å². The number of rotatable bonds is 3. The molecule has 0 bridgehead atoms. The van der Waals surface area contributed by atoms with Gasteiger partial charge in [0.05, 0.1) is 0 Å². The Morgan fingerprint density at radius 1 is 1.60 bits per heavy atom. The molecule has 0 unspecified atom stereocenters. The van der Waals surface area contributed by atoms with Crippen LogP contribution in [-0.4, -0.2) is 5.60 Å². The minimum atomic E-state index is -0.0746. The van der Waals surface area contributed by atoms with Crippen LogP contribution in [0.3, 0.4) is 0 Å². The summed E-state index contributed by atoms with van der Waals surface area (Å²) in [5.41, 5.74) is 2.63. The van der Waals surface area contributed by atoms with Gasteiger partial charge in [0.25, 0.3) is 0 Å². The number of ether oxygens (including phenoxy) is 1. The van der Waals surface area contributed by atoms with Crippen molar-refractivity contribution in [3.63, 3.8) is 0 Å². The molecular weight excluding hydrogens is 124 g/mol. The zero-order valence-electron chi connectivity index (χ0n) is 7.32. The quantitative estimate of drug-likeness (QED) is 0.432. The molecule has 1 nitrogen and oxygen atoms in total. The van der Waals surface area contributed by atoms with Crippen LogP contribution in [0, 0.1) is 0 Å². The average molecular weight is 140 g/mol. The molecule has 0 rings (SSSR count). The van der Waals surface area contributed by atoms with Gasteiger partial charge in [-0.1, -0.05) is 19.2 Å². The molecule has 0 aliphatic carbocycles. The van der Waals surface area contributed by atoms with Crippen molar-refractivity contribution in [2.24, 2.45) is 0 Å². The highest BCUT2D eigenvalue weighted by Crippen LogP contribution is 2.16. The van der Waals surface area contributed by atoms with E-state index in [0.717, 1.165) is 12.2 Å². The van der Waals surface area contributed by atoms with Crippen molar-refractivity contribution < 1.29 is 4.74 Å². The van der Waals surface area contributed by atoms with Crippen molar-refractivity contribution in [3.8, 4) is 0 Å². The molecule has 0 N–H and O–H groups in total. The number of allylic oxidation sites excluding steroid dienone is 1. The highest BCUT2D eigenvalue weighted by Gasteiger charge is 2.15. The minimum absolute atomic E-state index is 0.0746. The van der Waals surface area contributed by atoms with Crippen LogP contribution >= 0.6 is 0 Å². The summed E-state index contributed by atoms with van der Waals surface area (Å²) >= 11 is 0. The molecule has 0 aromatic heterocycles. The Morgan fingerprint density at radius 2 is 2.10 bits per heavy atom. The van der Waals surface area contributed by atoms with Crippen LogP contribution in [0.5, 0.6) is 0 Å². The van der Waals surface area contributed by atoms with Gasteiger partial charge in [-0.05, 0) is 20.3 Å². The van der Waals surface area contributed by atoms with E-state index < -0.39 is 0 Å². The second-order valence-corrected chi connectivity index (χ2v) is 2.95. The topological polar surface area (TPSA) is 9.23 Å². The number of hydrogen-bond acceptors (Lipinski definition) is 1. The predicted octanol–water partition coefficient (Wildman–Crippen LogP) is 2.88. The second kappa shape index (κ2) is 3.48. The third-order valence-corrected chi connectivity index (χ3v) is 1.53. The lowest BCUT2D eigenvalue weighted by atomic mass is 10.1. The van der Waals surface area contributed by atoms with Gasteiger partial charge in [0.2, 0.25) is 0 Å². The van der Waals surface area contributed by atoms with E-state index in [4.69, 9.17) is 4.74 Å². The summed E-state index contributed by atoms with van der Waals surface area (Å²) in [6.07, 6.45) is 0.992. The summed E-state index contributed by atoms with van der Waals surface area (Å²) in [6.45, 7) is 11.6. The first kappa shape index (κ1) is 9.32. The molecule has 0 aliphatic rings. The van der Waals surface area contributed by atoms with Crippen LogP contribution in [0.2, 0.25) is 0 Å². The number of hydrogen-bond donors (Lipinski definition) is 0. The predicted molar refractivity (Wildman–Crippen MR) is 43.8 cm³/mol. The van der Waals surface area contributed by atoms with Gasteiger partial charge < -0.3 is 4.74 Å². The first-order chi connectivity index (χ1) is 4.52. The summed E-state index contributed by atoms with van der Waals surface area (Å²) in [5, 5.41) is 0. The van der Waals surface area contributed by atoms with E-state index in [0.29, 0.717) is 0 Å². The van der Waals surface area contributed by atoms with Crippen LogP contribution < -0.4 is 0 Å². The Bertz CT molecular complexity index is 150. The highest BCUT2D eigenvalue weighted by atomic mass is 16.5. The molecule has 10 heavy (non-hydrogen) atoms. The Kier molecular flexibility index (Phi) is 3.24. The lowest BCUT2D eigenvalue weighted by Gasteiger charge is -2.24. The molecule has 0 aliphatic heterocycles. The molecule has 0 aromatic carbocycles. The molecule has 0 fully saturated rings. The van der Waals surface area contributed by atoms with Gasteiger partial charge in [-0.2, -0.15) is 0 Å². The van der Waals surface area contributed by atoms with E-state index in [1.165, 1.54) is 0 Å². The van der Waals surface area contributed by atoms with Gasteiger partial charge in [-0.15, -0.1) is 0 Å². The fraction of sp³-hybridized carbons (Fsp3) is 0.667. The van der Waals surface area contributed by atoms with Crippen molar-refractivity contribution in [2.45, 2.75) is 39.7 Å². The normalized spacial score (nSPS) is 10.4. The maximum absolute atomic E-state index is 5.48. The smallest absolute Gasteiger partial charge is 0.135 e. The maximum atomic E-state index is 5.48. The van der Waals surface area contributed by atoms with Crippen LogP contribution in [-0.2, 0) is 4.74 Å². The third-order valence-electron chi connectivity index (χ3n) is 1.53. The van der Waals surface area contributed by atoms with Gasteiger partial charge in [-0.3, -0.25) is 0 Å². The Labute approximate surface area is 63.4 Å².